The molecule has 154 valence electrons. The van der Waals surface area contributed by atoms with Crippen LogP contribution in [0.5, 0.6) is 0 Å². The molecule has 1 N–H and O–H groups in total. The summed E-state index contributed by atoms with van der Waals surface area (Å²) in [5.41, 5.74) is 0.616. The van der Waals surface area contributed by atoms with Crippen molar-refractivity contribution >= 4 is 39.1 Å². The molecule has 1 aromatic carbocycles. The molecule has 2 aliphatic carbocycles. The van der Waals surface area contributed by atoms with E-state index < -0.39 is 10.0 Å². The fourth-order valence-corrected chi connectivity index (χ4v) is 6.92. The molecule has 8 heteroatoms. The predicted molar refractivity (Wildman–Crippen MR) is 111 cm³/mol. The zero-order chi connectivity index (χ0) is 19.9. The fraction of sp³-hybridized carbons (Fsp3) is 0.650. The molecule has 3 unspecified atom stereocenters. The maximum atomic E-state index is 12.7. The number of nitrogens with one attached hydrogen (secondary N) is 1. The number of rotatable bonds is 5. The maximum absolute atomic E-state index is 12.7. The minimum atomic E-state index is -3.44. The van der Waals surface area contributed by atoms with E-state index in [-0.39, 0.29) is 17.6 Å². The summed E-state index contributed by atoms with van der Waals surface area (Å²) < 4.78 is 27.0. The normalized spacial score (nSPS) is 28.6. The maximum Gasteiger partial charge on any atom is 0.223 e. The lowest BCUT2D eigenvalue weighted by atomic mass is 9.93. The number of sulfonamides is 1. The second-order valence-corrected chi connectivity index (χ2v) is 11.3. The van der Waals surface area contributed by atoms with Gasteiger partial charge in [0.15, 0.2) is 0 Å². The molecule has 3 fully saturated rings. The van der Waals surface area contributed by atoms with Gasteiger partial charge < -0.3 is 5.32 Å². The Balaban J connectivity index is 1.30. The van der Waals surface area contributed by atoms with Crippen molar-refractivity contribution in [1.82, 2.24) is 9.62 Å². The third kappa shape index (κ3) is 4.35. The number of hydrogen-bond acceptors (Lipinski definition) is 3. The van der Waals surface area contributed by atoms with Gasteiger partial charge in [0.2, 0.25) is 15.9 Å². The average molecular weight is 445 g/mol. The molecule has 5 nitrogen and oxygen atoms in total. The van der Waals surface area contributed by atoms with Crippen LogP contribution in [0, 0.1) is 17.8 Å². The average Bonchev–Trinajstić information content (AvgIpc) is 3.28. The molecule has 3 atom stereocenters. The van der Waals surface area contributed by atoms with Gasteiger partial charge in [-0.05, 0) is 61.6 Å². The summed E-state index contributed by atoms with van der Waals surface area (Å²) in [6, 6.07) is 5.22. The van der Waals surface area contributed by atoms with Crippen molar-refractivity contribution in [2.45, 2.75) is 50.3 Å². The van der Waals surface area contributed by atoms with Gasteiger partial charge >= 0.3 is 0 Å². The lowest BCUT2D eigenvalue weighted by Gasteiger charge is -2.32. The number of hydrogen-bond donors (Lipinski definition) is 1. The molecule has 0 aromatic heterocycles. The Morgan fingerprint density at radius 3 is 2.43 bits per heavy atom. The SMILES string of the molecule is O=C(NC1CC2CCC1C2)C1CCN(S(=O)(=O)Cc2ccc(Cl)c(Cl)c2)CC1. The molecule has 28 heavy (non-hydrogen) atoms. The van der Waals surface area contributed by atoms with E-state index in [1.807, 2.05) is 0 Å². The summed E-state index contributed by atoms with van der Waals surface area (Å²) in [6.45, 7) is 0.775. The van der Waals surface area contributed by atoms with Crippen LogP contribution in [0.2, 0.25) is 10.0 Å². The molecule has 1 aliphatic heterocycles. The van der Waals surface area contributed by atoms with Crippen LogP contribution in [0.1, 0.15) is 44.1 Å². The summed E-state index contributed by atoms with van der Waals surface area (Å²) in [5.74, 6) is 1.37. The van der Waals surface area contributed by atoms with Crippen molar-refractivity contribution in [3.05, 3.63) is 33.8 Å². The van der Waals surface area contributed by atoms with Gasteiger partial charge in [-0.15, -0.1) is 0 Å². The van der Waals surface area contributed by atoms with Gasteiger partial charge in [-0.25, -0.2) is 12.7 Å². The molecule has 0 spiro atoms. The van der Waals surface area contributed by atoms with E-state index >= 15 is 0 Å². The van der Waals surface area contributed by atoms with Gasteiger partial charge in [0.1, 0.15) is 0 Å². The zero-order valence-electron chi connectivity index (χ0n) is 15.7. The topological polar surface area (TPSA) is 66.5 Å². The number of piperidine rings is 1. The van der Waals surface area contributed by atoms with Gasteiger partial charge in [0.25, 0.3) is 0 Å². The van der Waals surface area contributed by atoms with E-state index in [4.69, 9.17) is 23.2 Å². The van der Waals surface area contributed by atoms with E-state index in [0.717, 1.165) is 12.3 Å². The smallest absolute Gasteiger partial charge is 0.223 e. The number of carbonyl (C=O) groups excluding carboxylic acids is 1. The highest BCUT2D eigenvalue weighted by Crippen LogP contribution is 2.44. The van der Waals surface area contributed by atoms with Gasteiger partial charge in [-0.3, -0.25) is 4.79 Å². The number of halogens is 2. The summed E-state index contributed by atoms with van der Waals surface area (Å²) in [5, 5.41) is 4.01. The monoisotopic (exact) mass is 444 g/mol. The Labute approximate surface area is 176 Å². The highest BCUT2D eigenvalue weighted by atomic mass is 35.5. The van der Waals surface area contributed by atoms with Crippen LogP contribution < -0.4 is 5.32 Å². The minimum absolute atomic E-state index is 0.0875. The quantitative estimate of drug-likeness (QED) is 0.749. The molecular formula is C20H26Cl2N2O3S. The first-order valence-corrected chi connectivity index (χ1v) is 12.4. The first-order chi connectivity index (χ1) is 13.3. The molecule has 1 amide bonds. The molecule has 2 bridgehead atoms. The second-order valence-electron chi connectivity index (χ2n) is 8.47. The van der Waals surface area contributed by atoms with E-state index in [0.29, 0.717) is 53.5 Å². The minimum Gasteiger partial charge on any atom is -0.353 e. The Bertz CT molecular complexity index is 853. The largest absolute Gasteiger partial charge is 0.353 e. The second kappa shape index (κ2) is 8.13. The van der Waals surface area contributed by atoms with E-state index in [1.165, 1.54) is 23.6 Å². The molecule has 2 saturated carbocycles. The highest BCUT2D eigenvalue weighted by molar-refractivity contribution is 7.88. The van der Waals surface area contributed by atoms with Gasteiger partial charge in [0, 0.05) is 25.0 Å². The van der Waals surface area contributed by atoms with Crippen LogP contribution in [0.4, 0.5) is 0 Å². The molecule has 1 aromatic rings. The van der Waals surface area contributed by atoms with Crippen LogP contribution in [-0.2, 0) is 20.6 Å². The van der Waals surface area contributed by atoms with Gasteiger partial charge in [-0.1, -0.05) is 35.7 Å². The Morgan fingerprint density at radius 2 is 1.82 bits per heavy atom. The number of nitrogens with zero attached hydrogens (tertiary/aromatic N) is 1. The zero-order valence-corrected chi connectivity index (χ0v) is 18.1. The highest BCUT2D eigenvalue weighted by Gasteiger charge is 2.41. The van der Waals surface area contributed by atoms with Crippen LogP contribution in [0.25, 0.3) is 0 Å². The Morgan fingerprint density at radius 1 is 1.07 bits per heavy atom. The van der Waals surface area contributed by atoms with E-state index in [9.17, 15) is 13.2 Å². The van der Waals surface area contributed by atoms with Crippen molar-refractivity contribution in [2.75, 3.05) is 13.1 Å². The third-order valence-electron chi connectivity index (χ3n) is 6.62. The number of fused-ring (bicyclic) bond motifs is 2. The first kappa shape index (κ1) is 20.5. The Kier molecular flexibility index (Phi) is 5.94. The van der Waals surface area contributed by atoms with Crippen molar-refractivity contribution in [1.29, 1.82) is 0 Å². The van der Waals surface area contributed by atoms with E-state index in [2.05, 4.69) is 5.32 Å². The predicted octanol–water partition coefficient (Wildman–Crippen LogP) is 3.84. The lowest BCUT2D eigenvalue weighted by molar-refractivity contribution is -0.127. The summed E-state index contributed by atoms with van der Waals surface area (Å²) in [6.07, 6.45) is 6.08. The van der Waals surface area contributed by atoms with Crippen LogP contribution in [0.3, 0.4) is 0 Å². The van der Waals surface area contributed by atoms with Crippen LogP contribution in [0.15, 0.2) is 18.2 Å². The van der Waals surface area contributed by atoms with Crippen LogP contribution in [-0.4, -0.2) is 37.8 Å². The molecule has 4 rings (SSSR count). The summed E-state index contributed by atoms with van der Waals surface area (Å²) >= 11 is 11.9. The molecular weight excluding hydrogens is 419 g/mol. The summed E-state index contributed by atoms with van der Waals surface area (Å²) in [4.78, 5) is 12.6. The van der Waals surface area contributed by atoms with Crippen LogP contribution >= 0.6 is 23.2 Å². The van der Waals surface area contributed by atoms with E-state index in [1.54, 1.807) is 18.2 Å². The van der Waals surface area contributed by atoms with Gasteiger partial charge in [0.05, 0.1) is 15.8 Å². The number of benzene rings is 1. The molecule has 0 radical (unpaired) electrons. The van der Waals surface area contributed by atoms with Crippen molar-refractivity contribution < 1.29 is 13.2 Å². The van der Waals surface area contributed by atoms with Crippen molar-refractivity contribution in [3.8, 4) is 0 Å². The van der Waals surface area contributed by atoms with Crippen molar-refractivity contribution in [3.63, 3.8) is 0 Å². The standard InChI is InChI=1S/C20H26Cl2N2O3S/c21-17-4-2-14(10-18(17)22)12-28(26,27)24-7-5-15(6-8-24)20(25)23-19-11-13-1-3-16(19)9-13/h2,4,10,13,15-16,19H,1,3,5-9,11-12H2,(H,23,25). The fourth-order valence-electron chi connectivity index (χ4n) is 5.05. The third-order valence-corrected chi connectivity index (χ3v) is 9.21. The summed E-state index contributed by atoms with van der Waals surface area (Å²) in [7, 11) is -3.44. The number of amides is 1. The first-order valence-electron chi connectivity index (χ1n) is 10.0. The molecule has 1 heterocycles. The Hall–Kier alpha value is -0.820. The molecule has 1 saturated heterocycles. The molecule has 3 aliphatic rings. The number of carbonyl (C=O) groups is 1. The van der Waals surface area contributed by atoms with Crippen molar-refractivity contribution in [2.24, 2.45) is 17.8 Å². The van der Waals surface area contributed by atoms with Gasteiger partial charge in [-0.2, -0.15) is 0 Å². The lowest BCUT2D eigenvalue weighted by Crippen LogP contribution is -2.46.